The number of fused-ring (bicyclic) bond motifs is 1. The minimum atomic E-state index is -4.04. The molecule has 31 heavy (non-hydrogen) atoms. The second kappa shape index (κ2) is 7.76. The lowest BCUT2D eigenvalue weighted by Gasteiger charge is -2.33. The van der Waals surface area contributed by atoms with E-state index in [-0.39, 0.29) is 4.90 Å². The van der Waals surface area contributed by atoms with E-state index < -0.39 is 52.4 Å². The Balaban J connectivity index is 1.39. The normalized spacial score (nSPS) is 36.7. The fourth-order valence-electron chi connectivity index (χ4n) is 4.91. The lowest BCUT2D eigenvalue weighted by Crippen LogP contribution is -2.45. The van der Waals surface area contributed by atoms with Crippen LogP contribution in [0.5, 0.6) is 0 Å². The van der Waals surface area contributed by atoms with Crippen LogP contribution in [0.4, 0.5) is 0 Å². The summed E-state index contributed by atoms with van der Waals surface area (Å²) in [6, 6.07) is 6.55. The molecule has 1 aliphatic carbocycles. The van der Waals surface area contributed by atoms with Gasteiger partial charge < -0.3 is 23.7 Å². The van der Waals surface area contributed by atoms with E-state index in [1.54, 1.807) is 26.0 Å². The molecule has 0 N–H and O–H groups in total. The van der Waals surface area contributed by atoms with Crippen LogP contribution < -0.4 is 0 Å². The summed E-state index contributed by atoms with van der Waals surface area (Å²) in [5.41, 5.74) is 0.963. The van der Waals surface area contributed by atoms with Crippen LogP contribution in [0.3, 0.4) is 0 Å². The van der Waals surface area contributed by atoms with E-state index in [1.807, 2.05) is 6.92 Å². The van der Waals surface area contributed by atoms with Gasteiger partial charge in [0, 0.05) is 12.8 Å². The molecule has 5 unspecified atom stereocenters. The summed E-state index contributed by atoms with van der Waals surface area (Å²) in [6.07, 6.45) is 1.44. The number of benzene rings is 1. The molecule has 1 aromatic carbocycles. The lowest BCUT2D eigenvalue weighted by molar-refractivity contribution is -0.237. The summed E-state index contributed by atoms with van der Waals surface area (Å²) in [4.78, 5) is 0.0887. The molecule has 0 aromatic heterocycles. The fraction of sp³-hybridized carbons (Fsp3) is 0.727. The maximum Gasteiger partial charge on any atom is 0.297 e. The molecule has 5 atom stereocenters. The third kappa shape index (κ3) is 4.17. The van der Waals surface area contributed by atoms with Gasteiger partial charge in [-0.3, -0.25) is 4.18 Å². The number of aryl methyl sites for hydroxylation is 1. The Morgan fingerprint density at radius 2 is 1.68 bits per heavy atom. The maximum atomic E-state index is 13.1. The first-order valence-corrected chi connectivity index (χ1v) is 12.4. The minimum Gasteiger partial charge on any atom is -0.347 e. The largest absolute Gasteiger partial charge is 0.347 e. The van der Waals surface area contributed by atoms with E-state index in [4.69, 9.17) is 27.9 Å². The number of hydrogen-bond acceptors (Lipinski definition) is 8. The molecule has 5 rings (SSSR count). The Bertz CT molecular complexity index is 906. The van der Waals surface area contributed by atoms with E-state index in [0.29, 0.717) is 6.61 Å². The SMILES string of the molecule is Cc1ccc(S(=O)(=O)OC2C(C3COC4(CCCCC4)O3)OC3OC(C)(C)OC32)cc1. The summed E-state index contributed by atoms with van der Waals surface area (Å²) >= 11 is 0. The molecule has 172 valence electrons. The third-order valence-electron chi connectivity index (χ3n) is 6.43. The summed E-state index contributed by atoms with van der Waals surface area (Å²) < 4.78 is 62.2. The van der Waals surface area contributed by atoms with Crippen molar-refractivity contribution in [1.82, 2.24) is 0 Å². The predicted molar refractivity (Wildman–Crippen MR) is 109 cm³/mol. The van der Waals surface area contributed by atoms with Crippen LogP contribution in [-0.2, 0) is 38.0 Å². The molecule has 0 radical (unpaired) electrons. The van der Waals surface area contributed by atoms with Gasteiger partial charge in [-0.2, -0.15) is 8.42 Å². The first-order valence-electron chi connectivity index (χ1n) is 11.0. The Hall–Kier alpha value is -1.07. The molecule has 0 bridgehead atoms. The first-order chi connectivity index (χ1) is 14.7. The van der Waals surface area contributed by atoms with E-state index in [2.05, 4.69) is 0 Å². The van der Waals surface area contributed by atoms with E-state index in [0.717, 1.165) is 31.2 Å². The quantitative estimate of drug-likeness (QED) is 0.642. The smallest absolute Gasteiger partial charge is 0.297 e. The van der Waals surface area contributed by atoms with Gasteiger partial charge in [-0.1, -0.05) is 24.1 Å². The van der Waals surface area contributed by atoms with Gasteiger partial charge in [0.2, 0.25) is 0 Å². The fourth-order valence-corrected chi connectivity index (χ4v) is 6.00. The highest BCUT2D eigenvalue weighted by Gasteiger charge is 2.60. The second-order valence-corrected chi connectivity index (χ2v) is 10.9. The van der Waals surface area contributed by atoms with Gasteiger partial charge in [0.1, 0.15) is 24.4 Å². The zero-order chi connectivity index (χ0) is 21.9. The molecular weight excluding hydrogens is 424 g/mol. The average molecular weight is 455 g/mol. The molecule has 4 fully saturated rings. The van der Waals surface area contributed by atoms with Crippen LogP contribution in [0, 0.1) is 6.92 Å². The molecule has 0 amide bonds. The molecule has 3 saturated heterocycles. The molecule has 9 heteroatoms. The van der Waals surface area contributed by atoms with Crippen LogP contribution in [0.1, 0.15) is 51.5 Å². The van der Waals surface area contributed by atoms with Crippen molar-refractivity contribution in [3.05, 3.63) is 29.8 Å². The van der Waals surface area contributed by atoms with Crippen LogP contribution in [0.2, 0.25) is 0 Å². The highest BCUT2D eigenvalue weighted by molar-refractivity contribution is 7.86. The molecule has 8 nitrogen and oxygen atoms in total. The van der Waals surface area contributed by atoms with Crippen molar-refractivity contribution >= 4 is 10.1 Å². The molecule has 1 spiro atoms. The van der Waals surface area contributed by atoms with Gasteiger partial charge in [-0.25, -0.2) is 0 Å². The van der Waals surface area contributed by atoms with Gasteiger partial charge in [-0.05, 0) is 45.7 Å². The minimum absolute atomic E-state index is 0.0887. The van der Waals surface area contributed by atoms with Crippen LogP contribution in [0.25, 0.3) is 0 Å². The highest BCUT2D eigenvalue weighted by atomic mass is 32.2. The Morgan fingerprint density at radius 3 is 2.39 bits per heavy atom. The number of hydrogen-bond donors (Lipinski definition) is 0. The first kappa shape index (κ1) is 21.8. The Kier molecular flexibility index (Phi) is 5.45. The second-order valence-electron chi connectivity index (χ2n) is 9.34. The molecule has 4 aliphatic rings. The van der Waals surface area contributed by atoms with E-state index in [9.17, 15) is 8.42 Å². The zero-order valence-electron chi connectivity index (χ0n) is 18.1. The van der Waals surface area contributed by atoms with Crippen molar-refractivity contribution < 1.29 is 36.3 Å². The van der Waals surface area contributed by atoms with Crippen molar-refractivity contribution in [3.63, 3.8) is 0 Å². The molecular formula is C22H30O8S. The van der Waals surface area contributed by atoms with Gasteiger partial charge in [0.15, 0.2) is 17.9 Å². The Labute approximate surface area is 183 Å². The van der Waals surface area contributed by atoms with Crippen molar-refractivity contribution in [2.75, 3.05) is 6.61 Å². The van der Waals surface area contributed by atoms with Gasteiger partial charge >= 0.3 is 0 Å². The molecule has 1 aromatic rings. The van der Waals surface area contributed by atoms with Crippen molar-refractivity contribution in [1.29, 1.82) is 0 Å². The van der Waals surface area contributed by atoms with Crippen LogP contribution in [-0.4, -0.2) is 57.3 Å². The van der Waals surface area contributed by atoms with Gasteiger partial charge in [-0.15, -0.1) is 0 Å². The topological polar surface area (TPSA) is 89.5 Å². The molecule has 1 saturated carbocycles. The average Bonchev–Trinajstić information content (AvgIpc) is 3.34. The van der Waals surface area contributed by atoms with E-state index in [1.165, 1.54) is 18.6 Å². The number of rotatable bonds is 4. The van der Waals surface area contributed by atoms with Crippen molar-refractivity contribution in [2.24, 2.45) is 0 Å². The Morgan fingerprint density at radius 1 is 0.968 bits per heavy atom. The summed E-state index contributed by atoms with van der Waals surface area (Å²) in [5, 5.41) is 0. The van der Waals surface area contributed by atoms with E-state index >= 15 is 0 Å². The molecule has 3 heterocycles. The van der Waals surface area contributed by atoms with Crippen LogP contribution >= 0.6 is 0 Å². The number of ether oxygens (including phenoxy) is 5. The summed E-state index contributed by atoms with van der Waals surface area (Å²) in [5.74, 6) is -1.50. The zero-order valence-corrected chi connectivity index (χ0v) is 18.9. The lowest BCUT2D eigenvalue weighted by atomic mass is 9.94. The molecule has 3 aliphatic heterocycles. The standard InChI is InChI=1S/C22H30O8S/c1-14-7-9-15(10-8-14)31(23,24)30-18-17(26-20-19(18)28-21(2,3)29-20)16-13-25-22(27-16)11-5-4-6-12-22/h7-10,16-20H,4-6,11-13H2,1-3H3. The van der Waals surface area contributed by atoms with Gasteiger partial charge in [0.25, 0.3) is 10.1 Å². The third-order valence-corrected chi connectivity index (χ3v) is 7.76. The van der Waals surface area contributed by atoms with Crippen molar-refractivity contribution in [3.8, 4) is 0 Å². The highest BCUT2D eigenvalue weighted by Crippen LogP contribution is 2.45. The summed E-state index contributed by atoms with van der Waals surface area (Å²) in [7, 11) is -4.04. The maximum absolute atomic E-state index is 13.1. The van der Waals surface area contributed by atoms with Gasteiger partial charge in [0.05, 0.1) is 11.5 Å². The predicted octanol–water partition coefficient (Wildman–Crippen LogP) is 3.02. The summed E-state index contributed by atoms with van der Waals surface area (Å²) in [6.45, 7) is 5.74. The van der Waals surface area contributed by atoms with Crippen molar-refractivity contribution in [2.45, 2.75) is 100 Å². The monoisotopic (exact) mass is 454 g/mol. The van der Waals surface area contributed by atoms with Crippen LogP contribution in [0.15, 0.2) is 29.2 Å².